The van der Waals surface area contributed by atoms with Crippen LogP contribution in [0.15, 0.2) is 12.4 Å². The number of carboxylic acids is 1. The zero-order valence-electron chi connectivity index (χ0n) is 13.4. The fraction of sp³-hybridized carbons (Fsp3) is 0.733. The van der Waals surface area contributed by atoms with Crippen LogP contribution in [0.4, 0.5) is 0 Å². The standard InChI is InChI=1S/C15H25N5O2/c1-17-7-12(15(21)22)8-20-6-5-19(10-13(20)9-17)11-14-16-3-4-18(14)2/h3-4,12-13H,5-11H2,1-2H3,(H,21,22)/t12-,13-/m0/s1. The number of carbonyl (C=O) groups is 1. The van der Waals surface area contributed by atoms with Gasteiger partial charge in [0.1, 0.15) is 5.82 Å². The van der Waals surface area contributed by atoms with E-state index >= 15 is 0 Å². The highest BCUT2D eigenvalue weighted by Gasteiger charge is 2.35. The quantitative estimate of drug-likeness (QED) is 0.816. The predicted octanol–water partition coefficient (Wildman–Crippen LogP) is -0.447. The Hall–Kier alpha value is -1.44. The van der Waals surface area contributed by atoms with E-state index in [1.807, 2.05) is 26.5 Å². The second kappa shape index (κ2) is 6.36. The first-order valence-electron chi connectivity index (χ1n) is 7.87. The van der Waals surface area contributed by atoms with Crippen LogP contribution in [-0.4, -0.2) is 87.7 Å². The Morgan fingerprint density at radius 3 is 2.77 bits per heavy atom. The zero-order chi connectivity index (χ0) is 15.7. The lowest BCUT2D eigenvalue weighted by Gasteiger charge is -2.41. The van der Waals surface area contributed by atoms with Gasteiger partial charge in [-0.3, -0.25) is 14.6 Å². The number of carboxylic acid groups (broad SMARTS) is 1. The van der Waals surface area contributed by atoms with Crippen LogP contribution >= 0.6 is 0 Å². The second-order valence-electron chi connectivity index (χ2n) is 6.59. The molecule has 0 radical (unpaired) electrons. The molecule has 2 saturated heterocycles. The van der Waals surface area contributed by atoms with Gasteiger partial charge in [0, 0.05) is 64.8 Å². The predicted molar refractivity (Wildman–Crippen MR) is 82.5 cm³/mol. The minimum absolute atomic E-state index is 0.281. The van der Waals surface area contributed by atoms with Crippen molar-refractivity contribution in [3.63, 3.8) is 0 Å². The van der Waals surface area contributed by atoms with Gasteiger partial charge < -0.3 is 14.6 Å². The van der Waals surface area contributed by atoms with Crippen LogP contribution in [0.3, 0.4) is 0 Å². The summed E-state index contributed by atoms with van der Waals surface area (Å²) >= 11 is 0. The molecule has 7 heteroatoms. The lowest BCUT2D eigenvalue weighted by Crippen LogP contribution is -2.55. The van der Waals surface area contributed by atoms with Crippen LogP contribution in [0, 0.1) is 5.92 Å². The van der Waals surface area contributed by atoms with Gasteiger partial charge >= 0.3 is 5.97 Å². The Morgan fingerprint density at radius 1 is 1.27 bits per heavy atom. The summed E-state index contributed by atoms with van der Waals surface area (Å²) in [5.41, 5.74) is 0. The van der Waals surface area contributed by atoms with Gasteiger partial charge in [0.15, 0.2) is 0 Å². The third-order valence-electron chi connectivity index (χ3n) is 4.83. The fourth-order valence-corrected chi connectivity index (χ4v) is 3.57. The Balaban J connectivity index is 1.65. The number of rotatable bonds is 3. The molecule has 1 N–H and O–H groups in total. The third kappa shape index (κ3) is 3.31. The van der Waals surface area contributed by atoms with Crippen molar-refractivity contribution >= 4 is 5.97 Å². The molecule has 3 heterocycles. The minimum Gasteiger partial charge on any atom is -0.481 e. The molecule has 0 spiro atoms. The van der Waals surface area contributed by atoms with Crippen LogP contribution in [0.1, 0.15) is 5.82 Å². The molecule has 0 saturated carbocycles. The molecule has 122 valence electrons. The van der Waals surface area contributed by atoms with Crippen molar-refractivity contribution in [3.05, 3.63) is 18.2 Å². The monoisotopic (exact) mass is 307 g/mol. The average Bonchev–Trinajstić information content (AvgIpc) is 2.77. The summed E-state index contributed by atoms with van der Waals surface area (Å²) in [6.45, 7) is 5.98. The zero-order valence-corrected chi connectivity index (χ0v) is 13.4. The number of fused-ring (bicyclic) bond motifs is 1. The van der Waals surface area contributed by atoms with Gasteiger partial charge in [-0.2, -0.15) is 0 Å². The molecule has 1 aromatic rings. The Kier molecular flexibility index (Phi) is 4.46. The van der Waals surface area contributed by atoms with E-state index in [1.165, 1.54) is 0 Å². The highest BCUT2D eigenvalue weighted by molar-refractivity contribution is 5.70. The largest absolute Gasteiger partial charge is 0.481 e. The van der Waals surface area contributed by atoms with E-state index in [4.69, 9.17) is 0 Å². The van der Waals surface area contributed by atoms with Gasteiger partial charge in [0.25, 0.3) is 0 Å². The molecule has 1 aromatic heterocycles. The van der Waals surface area contributed by atoms with E-state index in [0.29, 0.717) is 19.1 Å². The topological polar surface area (TPSA) is 64.8 Å². The van der Waals surface area contributed by atoms with E-state index in [9.17, 15) is 9.90 Å². The first-order chi connectivity index (χ1) is 10.5. The van der Waals surface area contributed by atoms with Gasteiger partial charge in [-0.25, -0.2) is 4.98 Å². The van der Waals surface area contributed by atoms with Gasteiger partial charge in [-0.1, -0.05) is 0 Å². The van der Waals surface area contributed by atoms with Crippen molar-refractivity contribution < 1.29 is 9.90 Å². The van der Waals surface area contributed by atoms with Crippen LogP contribution in [0.25, 0.3) is 0 Å². The van der Waals surface area contributed by atoms with Crippen LogP contribution in [0.2, 0.25) is 0 Å². The molecule has 0 aromatic carbocycles. The van der Waals surface area contributed by atoms with E-state index in [-0.39, 0.29) is 5.92 Å². The summed E-state index contributed by atoms with van der Waals surface area (Å²) < 4.78 is 2.06. The average molecular weight is 307 g/mol. The summed E-state index contributed by atoms with van der Waals surface area (Å²) in [6.07, 6.45) is 3.81. The highest BCUT2D eigenvalue weighted by atomic mass is 16.4. The number of piperazine rings is 1. The summed E-state index contributed by atoms with van der Waals surface area (Å²) in [5.74, 6) is 0.123. The van der Waals surface area contributed by atoms with Crippen molar-refractivity contribution in [2.75, 3.05) is 46.3 Å². The molecule has 0 aliphatic carbocycles. The summed E-state index contributed by atoms with van der Waals surface area (Å²) in [6, 6.07) is 0.406. The molecule has 22 heavy (non-hydrogen) atoms. The smallest absolute Gasteiger partial charge is 0.309 e. The molecule has 2 aliphatic heterocycles. The van der Waals surface area contributed by atoms with Gasteiger partial charge in [0.2, 0.25) is 0 Å². The van der Waals surface area contributed by atoms with E-state index in [0.717, 1.165) is 38.5 Å². The summed E-state index contributed by atoms with van der Waals surface area (Å²) in [5, 5.41) is 9.35. The van der Waals surface area contributed by atoms with Gasteiger partial charge in [-0.05, 0) is 7.05 Å². The minimum atomic E-state index is -0.678. The molecule has 0 unspecified atom stereocenters. The number of aryl methyl sites for hydroxylation is 1. The highest BCUT2D eigenvalue weighted by Crippen LogP contribution is 2.19. The molecule has 0 amide bonds. The van der Waals surface area contributed by atoms with Crippen molar-refractivity contribution in [3.8, 4) is 0 Å². The first-order valence-corrected chi connectivity index (χ1v) is 7.87. The normalized spacial score (nSPS) is 28.3. The number of likely N-dealkylation sites (N-methyl/N-ethyl adjacent to an activating group) is 1. The van der Waals surface area contributed by atoms with Crippen LogP contribution in [0.5, 0.6) is 0 Å². The van der Waals surface area contributed by atoms with Crippen LogP contribution in [-0.2, 0) is 18.4 Å². The van der Waals surface area contributed by atoms with Crippen molar-refractivity contribution in [1.82, 2.24) is 24.3 Å². The number of aliphatic carboxylic acids is 1. The third-order valence-corrected chi connectivity index (χ3v) is 4.83. The van der Waals surface area contributed by atoms with E-state index in [2.05, 4.69) is 24.3 Å². The molecule has 7 nitrogen and oxygen atoms in total. The molecular formula is C15H25N5O2. The molecule has 2 fully saturated rings. The van der Waals surface area contributed by atoms with Crippen molar-refractivity contribution in [2.24, 2.45) is 13.0 Å². The van der Waals surface area contributed by atoms with Crippen LogP contribution < -0.4 is 0 Å². The van der Waals surface area contributed by atoms with Gasteiger partial charge in [-0.15, -0.1) is 0 Å². The van der Waals surface area contributed by atoms with E-state index in [1.54, 1.807) is 0 Å². The number of aromatic nitrogens is 2. The Morgan fingerprint density at radius 2 is 2.09 bits per heavy atom. The molecule has 3 rings (SSSR count). The maximum atomic E-state index is 11.4. The number of hydrogen-bond acceptors (Lipinski definition) is 5. The van der Waals surface area contributed by atoms with Gasteiger partial charge in [0.05, 0.1) is 12.5 Å². The second-order valence-corrected chi connectivity index (χ2v) is 6.59. The van der Waals surface area contributed by atoms with E-state index < -0.39 is 5.97 Å². The maximum absolute atomic E-state index is 11.4. The Labute approximate surface area is 131 Å². The van der Waals surface area contributed by atoms with Crippen molar-refractivity contribution in [2.45, 2.75) is 12.6 Å². The maximum Gasteiger partial charge on any atom is 0.309 e. The first kappa shape index (κ1) is 15.5. The molecular weight excluding hydrogens is 282 g/mol. The number of hydrogen-bond donors (Lipinski definition) is 1. The molecule has 0 bridgehead atoms. The SMILES string of the molecule is CN1C[C@H](C(=O)O)CN2CCN(Cc3nccn3C)C[C@@H]2C1. The number of nitrogens with zero attached hydrogens (tertiary/aromatic N) is 5. The number of imidazole rings is 1. The lowest BCUT2D eigenvalue weighted by atomic mass is 10.1. The summed E-state index contributed by atoms with van der Waals surface area (Å²) in [7, 11) is 4.05. The molecule has 2 aliphatic rings. The fourth-order valence-electron chi connectivity index (χ4n) is 3.57. The Bertz CT molecular complexity index is 532. The summed E-state index contributed by atoms with van der Waals surface area (Å²) in [4.78, 5) is 22.7. The lowest BCUT2D eigenvalue weighted by molar-refractivity contribution is -0.142. The molecule has 2 atom stereocenters. The van der Waals surface area contributed by atoms with Crippen molar-refractivity contribution in [1.29, 1.82) is 0 Å².